The Labute approximate surface area is 524 Å². The molecule has 26 heteroatoms. The number of hydrogen-bond donors (Lipinski definition) is 10. The van der Waals surface area contributed by atoms with Crippen LogP contribution in [0.1, 0.15) is 129 Å². The molecule has 0 aliphatic carbocycles. The molecular weight excluding hydrogens is 1160 g/mol. The molecule has 2 fully saturated rings. The quantitative estimate of drug-likeness (QED) is 0.0255. The number of aliphatic imine (C=N–C) groups is 1. The fourth-order valence-corrected chi connectivity index (χ4v) is 11.7. The van der Waals surface area contributed by atoms with E-state index in [4.69, 9.17) is 45.6 Å². The van der Waals surface area contributed by atoms with Crippen LogP contribution in [0.4, 0.5) is 4.79 Å². The van der Waals surface area contributed by atoms with Crippen LogP contribution in [0.2, 0.25) is 0 Å². The Bertz CT molecular complexity index is 2250. The fourth-order valence-electron chi connectivity index (χ4n) is 10.0. The lowest BCUT2D eigenvalue weighted by Gasteiger charge is -2.25. The van der Waals surface area contributed by atoms with Gasteiger partial charge >= 0.3 is 6.09 Å². The van der Waals surface area contributed by atoms with E-state index in [2.05, 4.69) is 55.2 Å². The van der Waals surface area contributed by atoms with Gasteiger partial charge in [-0.1, -0.05) is 57.2 Å². The average molecular weight is 1260 g/mol. The highest BCUT2D eigenvalue weighted by molar-refractivity contribution is 8.00. The Morgan fingerprint density at radius 3 is 1.97 bits per heavy atom. The minimum absolute atomic E-state index is 0.000846. The van der Waals surface area contributed by atoms with Gasteiger partial charge in [-0.25, -0.2) is 4.79 Å². The minimum Gasteiger partial charge on any atom is -0.445 e. The van der Waals surface area contributed by atoms with Gasteiger partial charge in [0.15, 0.2) is 23.3 Å². The van der Waals surface area contributed by atoms with Gasteiger partial charge in [0, 0.05) is 93.8 Å². The molecule has 0 aromatic heterocycles. The summed E-state index contributed by atoms with van der Waals surface area (Å²) in [6.45, 7) is 11.6. The number of allylic oxidation sites excluding steroid dienone is 1. The lowest BCUT2D eigenvalue weighted by atomic mass is 9.88. The molecule has 1 aromatic carbocycles. The topological polar surface area (TPSA) is 375 Å². The van der Waals surface area contributed by atoms with Gasteiger partial charge in [-0.2, -0.15) is 11.8 Å². The second kappa shape index (κ2) is 47.2. The number of nitrogens with two attached hydrogens (primary N) is 3. The standard InChI is InChI=1S/C62H104N10O15S/c1-44(2)35-47(37-54(75)51(18-9-10-22-63)71-60(80)48(40-73)38-55(76)52(19-11-23-68-61(64)65)72-62(81)87-41-46-15-5-4-6-16-46)59(79)69-39-49(74)17-12-26-82-33-34-86-42-58(78)67-25-14-28-84-30-32-85-31-29-83-27-13-24-66-57(77)21-8-7-20-56-50-36-45(3)70-53(50)43-88-56/h4-6,15-16,44,47-48,50-53,56,70,73H,3,7-14,17-43,63H2,1-2H3,(H,66,77)(H,67,78)(H,69,79)(H,71,80)(H,72,81)(H4,64,65,68)/t47-,48+,50+,51+,52+,53+,56?/m1/s1. The zero-order chi connectivity index (χ0) is 64.2. The molecule has 2 saturated heterocycles. The first-order valence-corrected chi connectivity index (χ1v) is 32.5. The second-order valence-corrected chi connectivity index (χ2v) is 24.0. The number of hydrogen-bond acceptors (Lipinski definition) is 19. The van der Waals surface area contributed by atoms with Crippen molar-refractivity contribution >= 4 is 64.8 Å². The van der Waals surface area contributed by atoms with Crippen molar-refractivity contribution in [3.8, 4) is 0 Å². The Hall–Kier alpha value is -5.74. The number of nitrogens with zero attached hydrogens (tertiary/aromatic N) is 1. The maximum atomic E-state index is 13.9. The summed E-state index contributed by atoms with van der Waals surface area (Å²) in [6.07, 6.45) is 6.98. The lowest BCUT2D eigenvalue weighted by molar-refractivity contribution is -0.135. The molecule has 3 rings (SSSR count). The molecule has 25 nitrogen and oxygen atoms in total. The number of carbonyl (C=O) groups excluding carboxylic acids is 8. The van der Waals surface area contributed by atoms with Crippen LogP contribution in [-0.2, 0) is 68.6 Å². The molecule has 0 spiro atoms. The van der Waals surface area contributed by atoms with E-state index in [1.165, 1.54) is 5.70 Å². The molecule has 5 amide bonds. The van der Waals surface area contributed by atoms with Crippen LogP contribution in [0.25, 0.3) is 0 Å². The Balaban J connectivity index is 1.22. The van der Waals surface area contributed by atoms with Gasteiger partial charge in [0.05, 0.1) is 70.8 Å². The first-order valence-electron chi connectivity index (χ1n) is 31.5. The number of carbonyl (C=O) groups is 8. The first kappa shape index (κ1) is 76.5. The number of benzene rings is 1. The van der Waals surface area contributed by atoms with Crippen molar-refractivity contribution in [1.29, 1.82) is 0 Å². The summed E-state index contributed by atoms with van der Waals surface area (Å²) in [5.41, 5.74) is 18.5. The normalized spacial score (nSPS) is 16.6. The molecule has 2 heterocycles. The van der Waals surface area contributed by atoms with Crippen molar-refractivity contribution in [2.45, 2.75) is 153 Å². The third-order valence-corrected chi connectivity index (χ3v) is 16.3. The highest BCUT2D eigenvalue weighted by Gasteiger charge is 2.40. The summed E-state index contributed by atoms with van der Waals surface area (Å²) in [4.78, 5) is 109. The van der Waals surface area contributed by atoms with Gasteiger partial charge in [0.25, 0.3) is 0 Å². The van der Waals surface area contributed by atoms with Gasteiger partial charge in [0.2, 0.25) is 23.6 Å². The van der Waals surface area contributed by atoms with Crippen LogP contribution >= 0.6 is 11.8 Å². The molecule has 2 aliphatic rings. The van der Waals surface area contributed by atoms with Crippen LogP contribution in [0.15, 0.2) is 47.6 Å². The van der Waals surface area contributed by atoms with Crippen LogP contribution in [0, 0.1) is 23.7 Å². The largest absolute Gasteiger partial charge is 0.445 e. The van der Waals surface area contributed by atoms with Crippen molar-refractivity contribution in [2.75, 3.05) is 111 Å². The van der Waals surface area contributed by atoms with Gasteiger partial charge in [-0.3, -0.25) is 38.6 Å². The number of aliphatic hydroxyl groups excluding tert-OH is 1. The number of fused-ring (bicyclic) bond motifs is 1. The zero-order valence-electron chi connectivity index (χ0n) is 52.2. The number of guanidine groups is 1. The Morgan fingerprint density at radius 2 is 1.32 bits per heavy atom. The first-order chi connectivity index (χ1) is 42.5. The molecule has 2 aliphatic heterocycles. The molecule has 0 bridgehead atoms. The lowest BCUT2D eigenvalue weighted by Crippen LogP contribution is -2.48. The van der Waals surface area contributed by atoms with Crippen LogP contribution in [0.5, 0.6) is 0 Å². The number of aliphatic hydroxyl groups is 1. The van der Waals surface area contributed by atoms with Gasteiger partial charge in [-0.15, -0.1) is 0 Å². The van der Waals surface area contributed by atoms with Crippen LogP contribution < -0.4 is 49.1 Å². The van der Waals surface area contributed by atoms with Crippen LogP contribution in [-0.4, -0.2) is 193 Å². The Morgan fingerprint density at radius 1 is 0.705 bits per heavy atom. The molecular formula is C62H104N10O15S. The SMILES string of the molecule is C=C1C[C@@H]2C(CCCCC(=O)NCCCOCCOCCOCCCNC(=O)COCCOCCCC(=O)CNC(=O)[C@@H](CC(=O)[C@H](CCCCN)NC(=O)[C@H](CO)CC(=O)[C@H](CCCN=C(N)N)NC(=O)OCc3ccccc3)CC(C)C)SC[C@@H]2N1. The number of nitrogens with one attached hydrogen (secondary N) is 6. The summed E-state index contributed by atoms with van der Waals surface area (Å²) < 4.78 is 33.0. The number of amides is 5. The number of thioether (sulfide) groups is 1. The summed E-state index contributed by atoms with van der Waals surface area (Å²) >= 11 is 2.06. The smallest absolute Gasteiger partial charge is 0.408 e. The molecule has 7 atom stereocenters. The van der Waals surface area contributed by atoms with Crippen molar-refractivity contribution in [3.63, 3.8) is 0 Å². The molecule has 1 aromatic rings. The van der Waals surface area contributed by atoms with Crippen LogP contribution in [0.3, 0.4) is 0 Å². The zero-order valence-corrected chi connectivity index (χ0v) is 53.0. The predicted molar refractivity (Wildman–Crippen MR) is 337 cm³/mol. The minimum atomic E-state index is -1.28. The van der Waals surface area contributed by atoms with Gasteiger partial charge < -0.3 is 82.6 Å². The van der Waals surface area contributed by atoms with E-state index >= 15 is 0 Å². The van der Waals surface area contributed by atoms with Crippen molar-refractivity contribution in [1.82, 2.24) is 31.9 Å². The monoisotopic (exact) mass is 1260 g/mol. The maximum absolute atomic E-state index is 13.9. The number of alkyl carbamates (subject to hydrolysis) is 1. The maximum Gasteiger partial charge on any atom is 0.408 e. The molecule has 0 radical (unpaired) electrons. The molecule has 498 valence electrons. The number of unbranched alkanes of at least 4 members (excludes halogenated alkanes) is 2. The van der Waals surface area contributed by atoms with E-state index in [1.807, 2.05) is 19.9 Å². The molecule has 1 unspecified atom stereocenters. The van der Waals surface area contributed by atoms with E-state index < -0.39 is 66.4 Å². The number of Topliss-reactive ketones (excluding diaryl/α,β-unsaturated/α-hetero) is 3. The number of ether oxygens (including phenoxy) is 6. The number of ketones is 3. The summed E-state index contributed by atoms with van der Waals surface area (Å²) in [5.74, 6) is -3.04. The summed E-state index contributed by atoms with van der Waals surface area (Å²) in [6, 6.07) is 7.33. The van der Waals surface area contributed by atoms with E-state index in [9.17, 15) is 43.5 Å². The highest BCUT2D eigenvalue weighted by atomic mass is 32.2. The fraction of sp³-hybridized carbons (Fsp3) is 0.726. The third kappa shape index (κ3) is 35.5. The third-order valence-electron chi connectivity index (χ3n) is 14.7. The van der Waals surface area contributed by atoms with E-state index in [0.717, 1.165) is 43.4 Å². The average Bonchev–Trinajstić information content (AvgIpc) is 2.21. The highest BCUT2D eigenvalue weighted by Crippen LogP contribution is 2.42. The van der Waals surface area contributed by atoms with Gasteiger partial charge in [0.1, 0.15) is 13.2 Å². The predicted octanol–water partition coefficient (Wildman–Crippen LogP) is 2.87. The van der Waals surface area contributed by atoms with E-state index in [0.29, 0.717) is 121 Å². The van der Waals surface area contributed by atoms with Crippen molar-refractivity contribution in [2.24, 2.45) is 45.9 Å². The van der Waals surface area contributed by atoms with Crippen molar-refractivity contribution < 1.29 is 71.9 Å². The molecule has 13 N–H and O–H groups in total. The van der Waals surface area contributed by atoms with Gasteiger partial charge in [-0.05, 0) is 101 Å². The Kier molecular flexibility index (Phi) is 41.1. The summed E-state index contributed by atoms with van der Waals surface area (Å²) in [7, 11) is 0. The summed E-state index contributed by atoms with van der Waals surface area (Å²) in [5, 5.41) is 28.2. The van der Waals surface area contributed by atoms with E-state index in [-0.39, 0.29) is 101 Å². The van der Waals surface area contributed by atoms with Crippen molar-refractivity contribution in [3.05, 3.63) is 48.2 Å². The molecule has 0 saturated carbocycles. The molecule has 88 heavy (non-hydrogen) atoms. The second-order valence-electron chi connectivity index (χ2n) is 22.7. The van der Waals surface area contributed by atoms with E-state index in [1.54, 1.807) is 24.3 Å². The number of rotatable bonds is 53.